The zero-order valence-electron chi connectivity index (χ0n) is 30.9. The van der Waals surface area contributed by atoms with Crippen LogP contribution in [0.4, 0.5) is 9.59 Å². The van der Waals surface area contributed by atoms with E-state index < -0.39 is 46.1 Å². The molecule has 0 spiro atoms. The largest absolute Gasteiger partial charge is 0.530 e. The molecule has 282 valence electrons. The number of urea groups is 1. The normalized spacial score (nSPS) is 18.7. The Morgan fingerprint density at radius 2 is 1.48 bits per heavy atom. The van der Waals surface area contributed by atoms with E-state index in [1.807, 2.05) is 6.92 Å². The minimum atomic E-state index is -4.87. The Labute approximate surface area is 289 Å². The molecule has 0 radical (unpaired) electrons. The molecule has 1 unspecified atom stereocenters. The Bertz CT molecular complexity index is 1050. The molecule has 2 aliphatic heterocycles. The molecule has 15 heteroatoms. The first-order chi connectivity index (χ1) is 22.5. The number of carbonyl (C=O) groups excluding carboxylic acids is 3. The van der Waals surface area contributed by atoms with Crippen molar-refractivity contribution < 1.29 is 46.1 Å². The van der Waals surface area contributed by atoms with Crippen molar-refractivity contribution in [2.75, 3.05) is 39.3 Å². The molecule has 0 aromatic rings. The third-order valence-electron chi connectivity index (χ3n) is 9.23. The number of hydroxylamine groups is 3. The second-order valence-electron chi connectivity index (χ2n) is 14.1. The topological polar surface area (TPSA) is 169 Å². The van der Waals surface area contributed by atoms with Gasteiger partial charge in [0, 0.05) is 18.1 Å². The van der Waals surface area contributed by atoms with Crippen molar-refractivity contribution in [2.45, 2.75) is 156 Å². The van der Waals surface area contributed by atoms with Gasteiger partial charge in [0.2, 0.25) is 0 Å². The number of hydrogen-bond acceptors (Lipinski definition) is 8. The number of nitrogens with one attached hydrogen (secondary N) is 1. The highest BCUT2D eigenvalue weighted by atomic mass is 32.3. The number of carboxylic acid groups (broad SMARTS) is 1. The fourth-order valence-corrected chi connectivity index (χ4v) is 7.01. The summed E-state index contributed by atoms with van der Waals surface area (Å²) in [7, 11) is -4.87. The summed E-state index contributed by atoms with van der Waals surface area (Å²) in [5, 5.41) is 12.1. The molecule has 2 bridgehead atoms. The van der Waals surface area contributed by atoms with Crippen LogP contribution in [0.2, 0.25) is 0 Å². The standard InChI is InChI=1S/C17H30N4O9S.C16H36N/c1-5-11(20(16(24)25)17(2,3)4)8-9-29-18-14(22)13-7-6-12-10-19(13)15(23)21(12)30-31(26,27)28;1-5-9-13-17(14-10-6-2,15-11-7-3)16-12-8-4/h11-13H,5-10H2,1-4H3,(H,18,22)(H,24,25)(H,26,27,28);5-16H2,1-4H3/q;+1/p-1/t11?,12-,13+;/m1./s1. The molecular weight excluding hydrogens is 642 g/mol. The highest BCUT2D eigenvalue weighted by molar-refractivity contribution is 7.80. The van der Waals surface area contributed by atoms with Gasteiger partial charge in [-0.25, -0.2) is 10.3 Å². The van der Waals surface area contributed by atoms with E-state index in [-0.39, 0.29) is 25.6 Å². The molecule has 0 aliphatic carbocycles. The lowest BCUT2D eigenvalue weighted by atomic mass is 10.0. The van der Waals surface area contributed by atoms with Crippen molar-refractivity contribution in [3.63, 3.8) is 0 Å². The molecule has 2 saturated heterocycles. The Balaban J connectivity index is 0.000000576. The lowest BCUT2D eigenvalue weighted by molar-refractivity contribution is -0.929. The van der Waals surface area contributed by atoms with Gasteiger partial charge in [-0.3, -0.25) is 14.2 Å². The third kappa shape index (κ3) is 14.3. The van der Waals surface area contributed by atoms with Crippen molar-refractivity contribution >= 4 is 28.4 Å². The van der Waals surface area contributed by atoms with Crippen molar-refractivity contribution in [3.8, 4) is 0 Å². The van der Waals surface area contributed by atoms with Crippen LogP contribution >= 0.6 is 0 Å². The number of piperidine rings is 1. The molecule has 0 aromatic heterocycles. The summed E-state index contributed by atoms with van der Waals surface area (Å²) >= 11 is 0. The molecule has 2 heterocycles. The van der Waals surface area contributed by atoms with Gasteiger partial charge >= 0.3 is 16.4 Å². The van der Waals surface area contributed by atoms with Crippen LogP contribution in [-0.4, -0.2) is 113 Å². The van der Waals surface area contributed by atoms with Gasteiger partial charge < -0.3 is 24.2 Å². The van der Waals surface area contributed by atoms with Gasteiger partial charge in [-0.15, -0.1) is 4.28 Å². The molecule has 2 rings (SSSR count). The maximum absolute atomic E-state index is 12.5. The first kappa shape index (κ1) is 43.8. The molecule has 14 nitrogen and oxygen atoms in total. The number of nitrogens with zero attached hydrogens (tertiary/aromatic N) is 4. The molecule has 0 aromatic carbocycles. The maximum atomic E-state index is 12.5. The van der Waals surface area contributed by atoms with Crippen LogP contribution in [0.5, 0.6) is 0 Å². The average molecular weight is 708 g/mol. The number of hydrogen-bond donors (Lipinski definition) is 2. The summed E-state index contributed by atoms with van der Waals surface area (Å²) in [6.07, 6.45) is 11.2. The molecule has 2 fully saturated rings. The highest BCUT2D eigenvalue weighted by Gasteiger charge is 2.49. The molecule has 48 heavy (non-hydrogen) atoms. The van der Waals surface area contributed by atoms with E-state index in [1.54, 1.807) is 20.8 Å². The minimum absolute atomic E-state index is 0.0331. The highest BCUT2D eigenvalue weighted by Crippen LogP contribution is 2.31. The van der Waals surface area contributed by atoms with Crippen molar-refractivity contribution in [2.24, 2.45) is 0 Å². The van der Waals surface area contributed by atoms with Gasteiger partial charge in [-0.1, -0.05) is 60.3 Å². The van der Waals surface area contributed by atoms with Crippen LogP contribution in [0.3, 0.4) is 0 Å². The van der Waals surface area contributed by atoms with Crippen molar-refractivity contribution in [3.05, 3.63) is 0 Å². The SMILES string of the molecule is CCC(CCONC(=O)[C@@H]1CC[C@@H]2CN1C(=O)N2OS(=O)(=O)O)N(C(=O)[O-])C(C)(C)C.CCCC[N+](CCCC)(CCCC)CCCC. The summed E-state index contributed by atoms with van der Waals surface area (Å²) in [6, 6.07) is -2.71. The summed E-state index contributed by atoms with van der Waals surface area (Å²) in [4.78, 5) is 43.9. The smallest absolute Gasteiger partial charge is 0.418 e. The van der Waals surface area contributed by atoms with Crippen LogP contribution < -0.4 is 10.6 Å². The van der Waals surface area contributed by atoms with Gasteiger partial charge in [0.05, 0.1) is 38.8 Å². The van der Waals surface area contributed by atoms with E-state index in [9.17, 15) is 27.9 Å². The Morgan fingerprint density at radius 3 is 1.88 bits per heavy atom. The molecule has 0 saturated carbocycles. The molecule has 3 atom stereocenters. The number of unbranched alkanes of at least 4 members (excludes halogenated alkanes) is 4. The number of quaternary nitrogens is 1. The summed E-state index contributed by atoms with van der Waals surface area (Å²) in [6.45, 7) is 22.2. The Hall–Kier alpha value is -2.20. The predicted molar refractivity (Wildman–Crippen MR) is 183 cm³/mol. The monoisotopic (exact) mass is 707 g/mol. The molecule has 2 N–H and O–H groups in total. The van der Waals surface area contributed by atoms with E-state index in [0.29, 0.717) is 24.3 Å². The second kappa shape index (κ2) is 21.1. The zero-order valence-corrected chi connectivity index (χ0v) is 31.7. The quantitative estimate of drug-likeness (QED) is 0.0747. The summed E-state index contributed by atoms with van der Waals surface area (Å²) in [5.41, 5.74) is 1.60. The Morgan fingerprint density at radius 1 is 0.979 bits per heavy atom. The first-order valence-corrected chi connectivity index (χ1v) is 19.4. The number of amides is 4. The van der Waals surface area contributed by atoms with Gasteiger partial charge in [-0.05, 0) is 72.1 Å². The average Bonchev–Trinajstić information content (AvgIpc) is 3.24. The summed E-state index contributed by atoms with van der Waals surface area (Å²) < 4.78 is 36.4. The minimum Gasteiger partial charge on any atom is -0.530 e. The lowest BCUT2D eigenvalue weighted by Crippen LogP contribution is -2.56. The summed E-state index contributed by atoms with van der Waals surface area (Å²) in [5.74, 6) is -0.596. The Kier molecular flexibility index (Phi) is 19.3. The van der Waals surface area contributed by atoms with Gasteiger partial charge in [0.25, 0.3) is 5.91 Å². The van der Waals surface area contributed by atoms with Crippen LogP contribution in [0.1, 0.15) is 132 Å². The van der Waals surface area contributed by atoms with E-state index in [0.717, 1.165) is 4.90 Å². The fraction of sp³-hybridized carbons (Fsp3) is 0.909. The van der Waals surface area contributed by atoms with Crippen molar-refractivity contribution in [1.29, 1.82) is 0 Å². The number of rotatable bonds is 21. The maximum Gasteiger partial charge on any atom is 0.418 e. The molecule has 2 aliphatic rings. The third-order valence-corrected chi connectivity index (χ3v) is 9.57. The van der Waals surface area contributed by atoms with E-state index >= 15 is 0 Å². The first-order valence-electron chi connectivity index (χ1n) is 18.0. The fourth-order valence-electron chi connectivity index (χ4n) is 6.62. The number of fused-ring (bicyclic) bond motifs is 2. The van der Waals surface area contributed by atoms with Gasteiger partial charge in [0.15, 0.2) is 0 Å². The van der Waals surface area contributed by atoms with Crippen molar-refractivity contribution in [1.82, 2.24) is 20.3 Å². The van der Waals surface area contributed by atoms with E-state index in [2.05, 4.69) is 37.5 Å². The predicted octanol–water partition coefficient (Wildman–Crippen LogP) is 4.65. The number of carbonyl (C=O) groups is 3. The second-order valence-corrected chi connectivity index (χ2v) is 15.1. The van der Waals surface area contributed by atoms with E-state index in [4.69, 9.17) is 9.39 Å². The van der Waals surface area contributed by atoms with Crippen LogP contribution in [-0.2, 0) is 24.3 Å². The van der Waals surface area contributed by atoms with Gasteiger partial charge in [-0.2, -0.15) is 13.5 Å². The van der Waals surface area contributed by atoms with Crippen LogP contribution in [0.15, 0.2) is 0 Å². The van der Waals surface area contributed by atoms with E-state index in [1.165, 1.54) is 86.9 Å². The molecule has 4 amide bonds. The van der Waals surface area contributed by atoms with Crippen LogP contribution in [0, 0.1) is 0 Å². The van der Waals surface area contributed by atoms with Gasteiger partial charge in [0.1, 0.15) is 12.1 Å². The lowest BCUT2D eigenvalue weighted by Gasteiger charge is -2.43. The molecular formula is C33H65N5O9S. The van der Waals surface area contributed by atoms with Crippen LogP contribution in [0.25, 0.3) is 0 Å². The zero-order chi connectivity index (χ0) is 36.5.